The van der Waals surface area contributed by atoms with Crippen LogP contribution in [0.15, 0.2) is 120 Å². The minimum atomic E-state index is -4.12. The first-order chi connectivity index (χ1) is 21.8. The molecule has 0 aromatic heterocycles. The van der Waals surface area contributed by atoms with Crippen molar-refractivity contribution in [3.05, 3.63) is 132 Å². The number of hydrogen-bond donors (Lipinski definition) is 1. The standard InChI is InChI=1S/C37H41N3O4S/c1-29-16-14-15-25-34(29)40(45(43,44)33-23-12-5-13-24-33)28-36(41)39(27-31-19-8-3-9-20-31)35(26-30-17-6-2-7-18-30)37(42)38-32-21-10-4-11-22-32/h2-3,5-9,12-20,23-25,32,35H,4,10-11,21-22,26-28H2,1H3,(H,38,42)/t35-/m0/s1. The van der Waals surface area contributed by atoms with Crippen LogP contribution in [0.3, 0.4) is 0 Å². The normalized spacial score (nSPS) is 14.3. The van der Waals surface area contributed by atoms with Crippen molar-refractivity contribution >= 4 is 27.5 Å². The second-order valence-electron chi connectivity index (χ2n) is 11.7. The van der Waals surface area contributed by atoms with Crippen LogP contribution in [0.1, 0.15) is 48.8 Å². The van der Waals surface area contributed by atoms with E-state index in [0.29, 0.717) is 12.1 Å². The molecule has 234 valence electrons. The minimum Gasteiger partial charge on any atom is -0.352 e. The third-order valence-electron chi connectivity index (χ3n) is 8.41. The molecule has 0 unspecified atom stereocenters. The zero-order chi connectivity index (χ0) is 31.6. The largest absolute Gasteiger partial charge is 0.352 e. The van der Waals surface area contributed by atoms with Crippen LogP contribution in [0.5, 0.6) is 0 Å². The van der Waals surface area contributed by atoms with Crippen molar-refractivity contribution in [1.82, 2.24) is 10.2 Å². The lowest BCUT2D eigenvalue weighted by atomic mass is 9.94. The van der Waals surface area contributed by atoms with Crippen molar-refractivity contribution in [2.75, 3.05) is 10.8 Å². The van der Waals surface area contributed by atoms with Crippen LogP contribution in [-0.2, 0) is 32.6 Å². The summed E-state index contributed by atoms with van der Waals surface area (Å²) in [5.41, 5.74) is 2.90. The molecule has 4 aromatic rings. The van der Waals surface area contributed by atoms with E-state index in [1.54, 1.807) is 35.2 Å². The first-order valence-electron chi connectivity index (χ1n) is 15.6. The third kappa shape index (κ3) is 8.19. The molecule has 0 radical (unpaired) electrons. The van der Waals surface area contributed by atoms with Gasteiger partial charge in [-0.3, -0.25) is 13.9 Å². The van der Waals surface area contributed by atoms with Crippen molar-refractivity contribution in [2.45, 2.75) is 69.0 Å². The quantitative estimate of drug-likeness (QED) is 0.201. The van der Waals surface area contributed by atoms with Gasteiger partial charge in [0.1, 0.15) is 12.6 Å². The first kappa shape index (κ1) is 32.0. The van der Waals surface area contributed by atoms with Crippen molar-refractivity contribution in [1.29, 1.82) is 0 Å². The molecule has 2 amide bonds. The monoisotopic (exact) mass is 623 g/mol. The number of benzene rings is 4. The maximum atomic E-state index is 14.6. The number of para-hydroxylation sites is 1. The van der Waals surface area contributed by atoms with Crippen LogP contribution in [-0.4, -0.2) is 43.8 Å². The van der Waals surface area contributed by atoms with Gasteiger partial charge in [0.2, 0.25) is 11.8 Å². The van der Waals surface area contributed by atoms with E-state index in [9.17, 15) is 18.0 Å². The van der Waals surface area contributed by atoms with Crippen molar-refractivity contribution < 1.29 is 18.0 Å². The molecule has 1 aliphatic carbocycles. The Morgan fingerprint density at radius 1 is 0.756 bits per heavy atom. The molecule has 0 saturated heterocycles. The smallest absolute Gasteiger partial charge is 0.264 e. The molecule has 1 N–H and O–H groups in total. The Morgan fingerprint density at radius 3 is 1.93 bits per heavy atom. The molecule has 0 aliphatic heterocycles. The van der Waals surface area contributed by atoms with Crippen LogP contribution < -0.4 is 9.62 Å². The highest BCUT2D eigenvalue weighted by Gasteiger charge is 2.35. The fourth-order valence-electron chi connectivity index (χ4n) is 5.95. The molecule has 7 nitrogen and oxygen atoms in total. The molecule has 45 heavy (non-hydrogen) atoms. The summed E-state index contributed by atoms with van der Waals surface area (Å²) >= 11 is 0. The molecule has 8 heteroatoms. The number of anilines is 1. The Balaban J connectivity index is 1.55. The van der Waals surface area contributed by atoms with Crippen molar-refractivity contribution in [3.63, 3.8) is 0 Å². The van der Waals surface area contributed by atoms with Gasteiger partial charge in [-0.25, -0.2) is 8.42 Å². The summed E-state index contributed by atoms with van der Waals surface area (Å²) in [7, 11) is -4.12. The van der Waals surface area contributed by atoms with E-state index in [1.807, 2.05) is 79.7 Å². The summed E-state index contributed by atoms with van der Waals surface area (Å²) in [6, 6.07) is 33.7. The van der Waals surface area contributed by atoms with Gasteiger partial charge in [-0.1, -0.05) is 116 Å². The van der Waals surface area contributed by atoms with Gasteiger partial charge in [0.25, 0.3) is 10.0 Å². The van der Waals surface area contributed by atoms with Gasteiger partial charge in [-0.05, 0) is 54.7 Å². The van der Waals surface area contributed by atoms with Gasteiger partial charge >= 0.3 is 0 Å². The van der Waals surface area contributed by atoms with E-state index >= 15 is 0 Å². The van der Waals surface area contributed by atoms with Crippen LogP contribution in [0, 0.1) is 6.92 Å². The first-order valence-corrected chi connectivity index (χ1v) is 17.1. The Morgan fingerprint density at radius 2 is 1.31 bits per heavy atom. The zero-order valence-electron chi connectivity index (χ0n) is 25.7. The highest BCUT2D eigenvalue weighted by molar-refractivity contribution is 7.92. The summed E-state index contributed by atoms with van der Waals surface area (Å²) in [6.07, 6.45) is 5.39. The van der Waals surface area contributed by atoms with Crippen molar-refractivity contribution in [2.24, 2.45) is 0 Å². The number of nitrogens with one attached hydrogen (secondary N) is 1. The predicted molar refractivity (Wildman–Crippen MR) is 178 cm³/mol. The number of carbonyl (C=O) groups is 2. The Bertz CT molecular complexity index is 1660. The molecule has 1 fully saturated rings. The van der Waals surface area contributed by atoms with E-state index in [4.69, 9.17) is 0 Å². The van der Waals surface area contributed by atoms with E-state index in [0.717, 1.165) is 48.8 Å². The van der Waals surface area contributed by atoms with E-state index < -0.39 is 28.5 Å². The van der Waals surface area contributed by atoms with Crippen LogP contribution in [0.4, 0.5) is 5.69 Å². The van der Waals surface area contributed by atoms with E-state index in [-0.39, 0.29) is 23.4 Å². The average molecular weight is 624 g/mol. The maximum Gasteiger partial charge on any atom is 0.264 e. The molecule has 0 spiro atoms. The highest BCUT2D eigenvalue weighted by atomic mass is 32.2. The summed E-state index contributed by atoms with van der Waals surface area (Å²) in [5, 5.41) is 3.25. The Hall–Kier alpha value is -4.43. The third-order valence-corrected chi connectivity index (χ3v) is 10.2. The average Bonchev–Trinajstić information content (AvgIpc) is 3.07. The molecule has 5 rings (SSSR count). The number of nitrogens with zero attached hydrogens (tertiary/aromatic N) is 2. The molecule has 4 aromatic carbocycles. The Kier molecular flexibility index (Phi) is 10.7. The van der Waals surface area contributed by atoms with Gasteiger partial charge < -0.3 is 10.2 Å². The second-order valence-corrected chi connectivity index (χ2v) is 13.5. The maximum absolute atomic E-state index is 14.6. The topological polar surface area (TPSA) is 86.8 Å². The Labute approximate surface area is 266 Å². The number of sulfonamides is 1. The van der Waals surface area contributed by atoms with Crippen LogP contribution in [0.25, 0.3) is 0 Å². The summed E-state index contributed by atoms with van der Waals surface area (Å²) in [5.74, 6) is -0.676. The van der Waals surface area contributed by atoms with E-state index in [2.05, 4.69) is 5.32 Å². The number of amides is 2. The molecule has 1 aliphatic rings. The van der Waals surface area contributed by atoms with Gasteiger partial charge in [0.15, 0.2) is 0 Å². The van der Waals surface area contributed by atoms with Crippen LogP contribution in [0.2, 0.25) is 0 Å². The fourth-order valence-corrected chi connectivity index (χ4v) is 7.45. The van der Waals surface area contributed by atoms with Gasteiger partial charge in [0, 0.05) is 19.0 Å². The molecule has 0 bridgehead atoms. The van der Waals surface area contributed by atoms with Crippen LogP contribution >= 0.6 is 0 Å². The summed E-state index contributed by atoms with van der Waals surface area (Å²) < 4.78 is 29.4. The zero-order valence-corrected chi connectivity index (χ0v) is 26.5. The lowest BCUT2D eigenvalue weighted by molar-refractivity contribution is -0.140. The van der Waals surface area contributed by atoms with E-state index in [1.165, 1.54) is 16.4 Å². The van der Waals surface area contributed by atoms with Crippen molar-refractivity contribution in [3.8, 4) is 0 Å². The molecular formula is C37H41N3O4S. The summed E-state index contributed by atoms with van der Waals surface area (Å²) in [6.45, 7) is 1.52. The second kappa shape index (κ2) is 15.0. The minimum absolute atomic E-state index is 0.0557. The summed E-state index contributed by atoms with van der Waals surface area (Å²) in [4.78, 5) is 30.4. The number of hydrogen-bond acceptors (Lipinski definition) is 4. The van der Waals surface area contributed by atoms with Gasteiger partial charge in [-0.15, -0.1) is 0 Å². The van der Waals surface area contributed by atoms with Gasteiger partial charge in [0.05, 0.1) is 10.6 Å². The number of aryl methyl sites for hydroxylation is 1. The predicted octanol–water partition coefficient (Wildman–Crippen LogP) is 6.28. The molecule has 1 atom stereocenters. The van der Waals surface area contributed by atoms with Gasteiger partial charge in [-0.2, -0.15) is 0 Å². The highest BCUT2D eigenvalue weighted by Crippen LogP contribution is 2.28. The number of carbonyl (C=O) groups excluding carboxylic acids is 2. The SMILES string of the molecule is Cc1ccccc1N(CC(=O)N(Cc1ccccc1)[C@@H](Cc1ccccc1)C(=O)NC1CCCCC1)S(=O)(=O)c1ccccc1. The molecular weight excluding hydrogens is 582 g/mol. The molecule has 0 heterocycles. The lowest BCUT2D eigenvalue weighted by Crippen LogP contribution is -2.55. The fraction of sp³-hybridized carbons (Fsp3) is 0.297. The lowest BCUT2D eigenvalue weighted by Gasteiger charge is -2.35. The molecule has 1 saturated carbocycles. The number of rotatable bonds is 12.